The van der Waals surface area contributed by atoms with Crippen LogP contribution < -0.4 is 14.9 Å². The third-order valence-electron chi connectivity index (χ3n) is 2.95. The minimum absolute atomic E-state index is 0.257. The molecule has 8 heteroatoms. The van der Waals surface area contributed by atoms with E-state index < -0.39 is 12.1 Å². The molecular formula is C17H17N3O5. The fourth-order valence-electron chi connectivity index (χ4n) is 1.82. The molecule has 0 spiro atoms. The van der Waals surface area contributed by atoms with Crippen LogP contribution >= 0.6 is 0 Å². The number of amides is 1. The normalized spacial score (nSPS) is 10.3. The van der Waals surface area contributed by atoms with Crippen molar-refractivity contribution in [3.63, 3.8) is 0 Å². The monoisotopic (exact) mass is 343 g/mol. The van der Waals surface area contributed by atoms with Gasteiger partial charge in [0.1, 0.15) is 0 Å². The highest BCUT2D eigenvalue weighted by Crippen LogP contribution is 2.28. The Morgan fingerprint density at radius 3 is 2.64 bits per heavy atom. The van der Waals surface area contributed by atoms with Crippen molar-refractivity contribution >= 4 is 18.3 Å². The molecule has 1 N–H and O–H groups in total. The molecule has 1 aromatic carbocycles. The number of pyridine rings is 1. The molecule has 25 heavy (non-hydrogen) atoms. The number of benzene rings is 1. The molecule has 1 heterocycles. The van der Waals surface area contributed by atoms with Gasteiger partial charge in [-0.2, -0.15) is 5.10 Å². The van der Waals surface area contributed by atoms with Gasteiger partial charge in [0, 0.05) is 12.4 Å². The van der Waals surface area contributed by atoms with Gasteiger partial charge in [-0.15, -0.1) is 0 Å². The van der Waals surface area contributed by atoms with Crippen LogP contribution in [-0.4, -0.2) is 37.0 Å². The Morgan fingerprint density at radius 1 is 1.20 bits per heavy atom. The van der Waals surface area contributed by atoms with Crippen molar-refractivity contribution in [1.82, 2.24) is 10.4 Å². The zero-order chi connectivity index (χ0) is 18.1. The molecular weight excluding hydrogens is 326 g/mol. The van der Waals surface area contributed by atoms with E-state index in [1.54, 1.807) is 37.3 Å². The van der Waals surface area contributed by atoms with Gasteiger partial charge in [0.2, 0.25) is 0 Å². The molecule has 0 aliphatic carbocycles. The molecule has 2 aromatic rings. The summed E-state index contributed by atoms with van der Waals surface area (Å²) in [4.78, 5) is 27.1. The first-order valence-corrected chi connectivity index (χ1v) is 7.40. The predicted octanol–water partition coefficient (Wildman–Crippen LogP) is 2.39. The summed E-state index contributed by atoms with van der Waals surface area (Å²) >= 11 is 0. The van der Waals surface area contributed by atoms with Gasteiger partial charge in [-0.3, -0.25) is 4.98 Å². The molecule has 0 bridgehead atoms. The van der Waals surface area contributed by atoms with E-state index in [1.165, 1.54) is 25.7 Å². The molecule has 130 valence electrons. The summed E-state index contributed by atoms with van der Waals surface area (Å²) in [5.41, 5.74) is 3.23. The van der Waals surface area contributed by atoms with Crippen LogP contribution in [0, 0.1) is 0 Å². The van der Waals surface area contributed by atoms with Crippen LogP contribution in [0.25, 0.3) is 0 Å². The molecule has 2 rings (SSSR count). The van der Waals surface area contributed by atoms with Crippen molar-refractivity contribution in [3.05, 3.63) is 53.9 Å². The lowest BCUT2D eigenvalue weighted by Crippen LogP contribution is -2.18. The summed E-state index contributed by atoms with van der Waals surface area (Å²) in [5, 5.41) is 3.75. The van der Waals surface area contributed by atoms with E-state index in [0.717, 1.165) is 0 Å². The van der Waals surface area contributed by atoms with Crippen LogP contribution in [0.15, 0.2) is 47.8 Å². The fraction of sp³-hybridized carbons (Fsp3) is 0.176. The number of hydrogen-bond acceptors (Lipinski definition) is 7. The highest BCUT2D eigenvalue weighted by Gasteiger charge is 2.12. The summed E-state index contributed by atoms with van der Waals surface area (Å²) in [7, 11) is 1.46. The fourth-order valence-corrected chi connectivity index (χ4v) is 1.82. The summed E-state index contributed by atoms with van der Waals surface area (Å²) in [6, 6.07) is 7.96. The van der Waals surface area contributed by atoms with Crippen LogP contribution in [0.4, 0.5) is 4.79 Å². The number of methoxy groups -OCH3 is 1. The zero-order valence-electron chi connectivity index (χ0n) is 13.8. The van der Waals surface area contributed by atoms with Gasteiger partial charge >= 0.3 is 12.1 Å². The molecule has 1 aromatic heterocycles. The lowest BCUT2D eigenvalue weighted by atomic mass is 10.2. The number of aromatic nitrogens is 1. The lowest BCUT2D eigenvalue weighted by molar-refractivity contribution is 0.0729. The first-order chi connectivity index (χ1) is 12.1. The van der Waals surface area contributed by atoms with Gasteiger partial charge in [-0.25, -0.2) is 15.0 Å². The smallest absolute Gasteiger partial charge is 0.427 e. The van der Waals surface area contributed by atoms with Gasteiger partial charge < -0.3 is 14.2 Å². The summed E-state index contributed by atoms with van der Waals surface area (Å²) < 4.78 is 15.2. The number of nitrogens with zero attached hydrogens (tertiary/aromatic N) is 2. The average Bonchev–Trinajstić information content (AvgIpc) is 2.63. The molecule has 0 fully saturated rings. The quantitative estimate of drug-likeness (QED) is 0.374. The Labute approximate surface area is 144 Å². The number of ether oxygens (including phenoxy) is 3. The van der Waals surface area contributed by atoms with Gasteiger partial charge in [-0.1, -0.05) is 0 Å². The zero-order valence-corrected chi connectivity index (χ0v) is 13.8. The van der Waals surface area contributed by atoms with E-state index >= 15 is 0 Å². The summed E-state index contributed by atoms with van der Waals surface area (Å²) in [6.45, 7) is 1.95. The summed E-state index contributed by atoms with van der Waals surface area (Å²) in [6.07, 6.45) is 3.77. The van der Waals surface area contributed by atoms with Gasteiger partial charge in [0.25, 0.3) is 0 Å². The van der Waals surface area contributed by atoms with Crippen LogP contribution in [0.2, 0.25) is 0 Å². The topological polar surface area (TPSA) is 99.1 Å². The van der Waals surface area contributed by atoms with Crippen molar-refractivity contribution in [2.45, 2.75) is 6.92 Å². The number of carbonyl (C=O) groups excluding carboxylic acids is 2. The van der Waals surface area contributed by atoms with Crippen LogP contribution in [0.1, 0.15) is 22.8 Å². The van der Waals surface area contributed by atoms with Gasteiger partial charge in [0.05, 0.1) is 25.5 Å². The first-order valence-electron chi connectivity index (χ1n) is 7.40. The van der Waals surface area contributed by atoms with E-state index in [4.69, 9.17) is 9.47 Å². The van der Waals surface area contributed by atoms with Crippen molar-refractivity contribution in [3.8, 4) is 11.5 Å². The second-order valence-corrected chi connectivity index (χ2v) is 4.63. The van der Waals surface area contributed by atoms with Crippen LogP contribution in [-0.2, 0) is 4.74 Å². The van der Waals surface area contributed by atoms with Gasteiger partial charge in [-0.05, 0) is 42.8 Å². The lowest BCUT2D eigenvalue weighted by Gasteiger charge is -2.09. The minimum atomic E-state index is -0.645. The molecule has 8 nitrogen and oxygen atoms in total. The first kappa shape index (κ1) is 17.9. The summed E-state index contributed by atoms with van der Waals surface area (Å²) in [5.74, 6) is 0.0911. The third-order valence-corrected chi connectivity index (χ3v) is 2.95. The second kappa shape index (κ2) is 9.02. The molecule has 0 aliphatic rings. The van der Waals surface area contributed by atoms with Crippen molar-refractivity contribution < 1.29 is 23.8 Å². The SMILES string of the molecule is CCOC(=O)N/N=C\c1ccc(OC(=O)c2ccncc2)c(OC)c1. The highest BCUT2D eigenvalue weighted by atomic mass is 16.6. The maximum absolute atomic E-state index is 12.1. The van der Waals surface area contributed by atoms with Gasteiger partial charge in [0.15, 0.2) is 11.5 Å². The van der Waals surface area contributed by atoms with E-state index in [1.807, 2.05) is 0 Å². The van der Waals surface area contributed by atoms with Crippen molar-refractivity contribution in [1.29, 1.82) is 0 Å². The van der Waals surface area contributed by atoms with E-state index in [9.17, 15) is 9.59 Å². The van der Waals surface area contributed by atoms with E-state index in [-0.39, 0.29) is 12.4 Å². The van der Waals surface area contributed by atoms with Crippen LogP contribution in [0.5, 0.6) is 11.5 Å². The molecule has 0 saturated carbocycles. The van der Waals surface area contributed by atoms with E-state index in [0.29, 0.717) is 16.9 Å². The Morgan fingerprint density at radius 2 is 1.96 bits per heavy atom. The number of nitrogens with one attached hydrogen (secondary N) is 1. The van der Waals surface area contributed by atoms with Crippen molar-refractivity contribution in [2.24, 2.45) is 5.10 Å². The number of rotatable bonds is 6. The Kier molecular flexibility index (Phi) is 6.47. The highest BCUT2D eigenvalue weighted by molar-refractivity contribution is 5.91. The number of hydrazone groups is 1. The molecule has 1 amide bonds. The minimum Gasteiger partial charge on any atom is -0.493 e. The Hall–Kier alpha value is -3.42. The molecule has 0 radical (unpaired) electrons. The third kappa shape index (κ3) is 5.31. The van der Waals surface area contributed by atoms with E-state index in [2.05, 4.69) is 20.2 Å². The number of carbonyl (C=O) groups is 2. The number of hydrogen-bond donors (Lipinski definition) is 1. The van der Waals surface area contributed by atoms with Crippen LogP contribution in [0.3, 0.4) is 0 Å². The van der Waals surface area contributed by atoms with Crippen molar-refractivity contribution in [2.75, 3.05) is 13.7 Å². The molecule has 0 unspecified atom stereocenters. The largest absolute Gasteiger partial charge is 0.493 e. The molecule has 0 atom stereocenters. The average molecular weight is 343 g/mol. The Balaban J connectivity index is 2.07. The standard InChI is InChI=1S/C17H17N3O5/c1-3-24-17(22)20-19-11-12-4-5-14(15(10-12)23-2)25-16(21)13-6-8-18-9-7-13/h4-11H,3H2,1-2H3,(H,20,22)/b19-11-. The maximum atomic E-state index is 12.1. The second-order valence-electron chi connectivity index (χ2n) is 4.63. The Bertz CT molecular complexity index is 762. The number of esters is 1. The predicted molar refractivity (Wildman–Crippen MR) is 89.9 cm³/mol. The maximum Gasteiger partial charge on any atom is 0.427 e. The molecule has 0 saturated heterocycles. The molecule has 0 aliphatic heterocycles.